The van der Waals surface area contributed by atoms with Crippen molar-refractivity contribution in [2.24, 2.45) is 0 Å². The topological polar surface area (TPSA) is 113 Å². The fraction of sp³-hybridized carbons (Fsp3) is 0.0435. The number of ketones is 1. The molecule has 8 nitrogen and oxygen atoms in total. The number of carbonyl (C=O) groups is 1. The van der Waals surface area contributed by atoms with Crippen LogP contribution in [0.2, 0.25) is 0 Å². The summed E-state index contributed by atoms with van der Waals surface area (Å²) >= 11 is 1.43. The fourth-order valence-electron chi connectivity index (χ4n) is 3.62. The van der Waals surface area contributed by atoms with Crippen molar-refractivity contribution in [3.05, 3.63) is 65.9 Å². The number of carbonyl (C=O) groups excluding carboxylic acids is 1. The van der Waals surface area contributed by atoms with Gasteiger partial charge in [-0.05, 0) is 43.3 Å². The summed E-state index contributed by atoms with van der Waals surface area (Å²) in [6.07, 6.45) is 5.24. The number of thiophene rings is 1. The van der Waals surface area contributed by atoms with Gasteiger partial charge in [-0.1, -0.05) is 6.07 Å². The Morgan fingerprint density at radius 2 is 1.88 bits per heavy atom. The van der Waals surface area contributed by atoms with Gasteiger partial charge in [0.25, 0.3) is 0 Å². The monoisotopic (exact) mass is 437 g/mol. The van der Waals surface area contributed by atoms with Gasteiger partial charge in [0.2, 0.25) is 0 Å². The van der Waals surface area contributed by atoms with Gasteiger partial charge < -0.3 is 4.98 Å². The third-order valence-corrected chi connectivity index (χ3v) is 6.39. The van der Waals surface area contributed by atoms with E-state index in [0.717, 1.165) is 38.4 Å². The molecule has 0 aromatic carbocycles. The van der Waals surface area contributed by atoms with E-state index in [4.69, 9.17) is 9.97 Å². The summed E-state index contributed by atoms with van der Waals surface area (Å²) in [6.45, 7) is 1.57. The van der Waals surface area contributed by atoms with Crippen molar-refractivity contribution in [2.75, 3.05) is 0 Å². The zero-order valence-electron chi connectivity index (χ0n) is 16.8. The highest BCUT2D eigenvalue weighted by Crippen LogP contribution is 2.34. The standard InChI is InChI=1S/C23H15N7OS/c1-12(31)18-7-8-19(32-18)13-10-24-11-17-20(13)28-23(27-17)22-21-16(29-30-22)6-5-15(26-21)14-4-2-3-9-25-14/h2-11H,1H3,(H,27,28)(H,29,30). The van der Waals surface area contributed by atoms with Crippen LogP contribution in [0.4, 0.5) is 0 Å². The van der Waals surface area contributed by atoms with Crippen molar-refractivity contribution in [1.82, 2.24) is 35.1 Å². The van der Waals surface area contributed by atoms with Crippen LogP contribution in [0.25, 0.3) is 55.4 Å². The Balaban J connectivity index is 1.49. The van der Waals surface area contributed by atoms with Crippen LogP contribution < -0.4 is 0 Å². The Morgan fingerprint density at radius 3 is 2.69 bits per heavy atom. The molecular formula is C23H15N7OS. The van der Waals surface area contributed by atoms with Gasteiger partial charge in [-0.25, -0.2) is 9.97 Å². The second-order valence-corrected chi connectivity index (χ2v) is 8.35. The smallest absolute Gasteiger partial charge is 0.169 e. The van der Waals surface area contributed by atoms with Crippen LogP contribution in [-0.2, 0) is 0 Å². The number of fused-ring (bicyclic) bond motifs is 2. The maximum absolute atomic E-state index is 11.7. The van der Waals surface area contributed by atoms with Crippen LogP contribution in [0.15, 0.2) is 61.1 Å². The Kier molecular flexibility index (Phi) is 4.15. The lowest BCUT2D eigenvalue weighted by Gasteiger charge is -2.00. The number of hydrogen-bond donors (Lipinski definition) is 2. The predicted molar refractivity (Wildman–Crippen MR) is 123 cm³/mol. The van der Waals surface area contributed by atoms with Crippen LogP contribution in [0, 0.1) is 0 Å². The number of nitrogens with one attached hydrogen (secondary N) is 2. The first-order chi connectivity index (χ1) is 15.7. The Hall–Kier alpha value is -4.24. The molecule has 6 aromatic rings. The van der Waals surface area contributed by atoms with E-state index in [-0.39, 0.29) is 5.78 Å². The van der Waals surface area contributed by atoms with Crippen LogP contribution in [0.5, 0.6) is 0 Å². The van der Waals surface area contributed by atoms with Crippen LogP contribution in [-0.4, -0.2) is 40.9 Å². The molecule has 6 heterocycles. The molecule has 32 heavy (non-hydrogen) atoms. The predicted octanol–water partition coefficient (Wildman–Crippen LogP) is 4.89. The SMILES string of the molecule is CC(=O)c1ccc(-c2cncc3[nH]c(-c4n[nH]c5ccc(-c6ccccn6)nc45)nc23)s1. The van der Waals surface area contributed by atoms with Crippen molar-refractivity contribution >= 4 is 39.2 Å². The van der Waals surface area contributed by atoms with E-state index < -0.39 is 0 Å². The summed E-state index contributed by atoms with van der Waals surface area (Å²) in [5.74, 6) is 0.636. The molecular weight excluding hydrogens is 422 g/mol. The molecule has 0 bridgehead atoms. The van der Waals surface area contributed by atoms with Gasteiger partial charge >= 0.3 is 0 Å². The van der Waals surface area contributed by atoms with Crippen molar-refractivity contribution < 1.29 is 4.79 Å². The minimum Gasteiger partial charge on any atom is -0.335 e. The molecule has 0 unspecified atom stereocenters. The van der Waals surface area contributed by atoms with Crippen LogP contribution in [0.3, 0.4) is 0 Å². The summed E-state index contributed by atoms with van der Waals surface area (Å²) in [5.41, 5.74) is 6.10. The average Bonchev–Trinajstić information content (AvgIpc) is 3.56. The number of aromatic amines is 2. The molecule has 0 saturated carbocycles. The minimum absolute atomic E-state index is 0.0434. The van der Waals surface area contributed by atoms with Gasteiger partial charge in [0.15, 0.2) is 17.3 Å². The first-order valence-electron chi connectivity index (χ1n) is 9.89. The molecule has 0 saturated heterocycles. The molecule has 154 valence electrons. The Morgan fingerprint density at radius 1 is 0.938 bits per heavy atom. The molecule has 0 atom stereocenters. The highest BCUT2D eigenvalue weighted by atomic mass is 32.1. The summed E-state index contributed by atoms with van der Waals surface area (Å²) in [6, 6.07) is 13.3. The largest absolute Gasteiger partial charge is 0.335 e. The van der Waals surface area contributed by atoms with Gasteiger partial charge in [0.1, 0.15) is 11.0 Å². The van der Waals surface area contributed by atoms with Crippen molar-refractivity contribution in [2.45, 2.75) is 6.92 Å². The lowest BCUT2D eigenvalue weighted by atomic mass is 10.2. The number of rotatable bonds is 4. The van der Waals surface area contributed by atoms with Crippen LogP contribution in [0.1, 0.15) is 16.6 Å². The summed E-state index contributed by atoms with van der Waals surface area (Å²) in [5, 5.41) is 7.49. The fourth-order valence-corrected chi connectivity index (χ4v) is 4.53. The Bertz CT molecular complexity index is 1610. The average molecular weight is 437 g/mol. The zero-order valence-corrected chi connectivity index (χ0v) is 17.6. The van der Waals surface area contributed by atoms with E-state index in [1.807, 2.05) is 42.5 Å². The molecule has 0 aliphatic rings. The van der Waals surface area contributed by atoms with Crippen molar-refractivity contribution in [1.29, 1.82) is 0 Å². The summed E-state index contributed by atoms with van der Waals surface area (Å²) < 4.78 is 0. The number of pyridine rings is 3. The van der Waals surface area contributed by atoms with Gasteiger partial charge in [0, 0.05) is 22.8 Å². The molecule has 9 heteroatoms. The summed E-state index contributed by atoms with van der Waals surface area (Å²) in [4.78, 5) is 35.0. The first-order valence-corrected chi connectivity index (χ1v) is 10.7. The lowest BCUT2D eigenvalue weighted by molar-refractivity contribution is 0.102. The maximum Gasteiger partial charge on any atom is 0.169 e. The molecule has 0 aliphatic heterocycles. The molecule has 0 spiro atoms. The van der Waals surface area contributed by atoms with Crippen molar-refractivity contribution in [3.63, 3.8) is 0 Å². The molecule has 0 fully saturated rings. The lowest BCUT2D eigenvalue weighted by Crippen LogP contribution is -1.88. The second kappa shape index (κ2) is 7.17. The number of aromatic nitrogens is 7. The number of nitrogens with zero attached hydrogens (tertiary/aromatic N) is 5. The van der Waals surface area contributed by atoms with E-state index >= 15 is 0 Å². The molecule has 0 aliphatic carbocycles. The number of H-pyrrole nitrogens is 2. The minimum atomic E-state index is 0.0434. The van der Waals surface area contributed by atoms with E-state index in [9.17, 15) is 4.79 Å². The molecule has 0 radical (unpaired) electrons. The van der Waals surface area contributed by atoms with Crippen LogP contribution >= 0.6 is 11.3 Å². The first kappa shape index (κ1) is 18.5. The van der Waals surface area contributed by atoms with E-state index in [1.165, 1.54) is 11.3 Å². The van der Waals surface area contributed by atoms with Gasteiger partial charge in [-0.2, -0.15) is 5.10 Å². The molecule has 2 N–H and O–H groups in total. The molecule has 6 rings (SSSR count). The van der Waals surface area contributed by atoms with E-state index in [1.54, 1.807) is 25.5 Å². The van der Waals surface area contributed by atoms with Crippen molar-refractivity contribution in [3.8, 4) is 33.3 Å². The van der Waals surface area contributed by atoms with Gasteiger partial charge in [0.05, 0.1) is 33.5 Å². The van der Waals surface area contributed by atoms with Gasteiger partial charge in [-0.15, -0.1) is 11.3 Å². The quantitative estimate of drug-likeness (QED) is 0.380. The normalized spacial score (nSPS) is 11.4. The molecule has 6 aromatic heterocycles. The van der Waals surface area contributed by atoms with E-state index in [0.29, 0.717) is 21.9 Å². The third kappa shape index (κ3) is 2.98. The Labute approximate surface area is 185 Å². The zero-order chi connectivity index (χ0) is 21.7. The second-order valence-electron chi connectivity index (χ2n) is 7.27. The number of imidazole rings is 1. The number of Topliss-reactive ketones (excluding diaryl/α,β-unsaturated/α-hetero) is 1. The summed E-state index contributed by atoms with van der Waals surface area (Å²) in [7, 11) is 0. The highest BCUT2D eigenvalue weighted by Gasteiger charge is 2.18. The number of hydrogen-bond acceptors (Lipinski definition) is 7. The molecule has 0 amide bonds. The maximum atomic E-state index is 11.7. The third-order valence-electron chi connectivity index (χ3n) is 5.17. The van der Waals surface area contributed by atoms with Gasteiger partial charge in [-0.3, -0.25) is 19.9 Å². The van der Waals surface area contributed by atoms with E-state index in [2.05, 4.69) is 25.1 Å². The highest BCUT2D eigenvalue weighted by molar-refractivity contribution is 7.17.